The number of hydrogen-bond donors (Lipinski definition) is 2. The minimum Gasteiger partial charge on any atom is -0.481 e. The Hall–Kier alpha value is -2.66. The topological polar surface area (TPSA) is 66.4 Å². The van der Waals surface area contributed by atoms with Crippen LogP contribution in [0.2, 0.25) is 0 Å². The molecule has 2 aromatic carbocycles. The molecule has 0 saturated heterocycles. The van der Waals surface area contributed by atoms with Crippen molar-refractivity contribution in [1.29, 1.82) is 0 Å². The molecule has 1 amide bonds. The molecule has 0 radical (unpaired) electrons. The van der Waals surface area contributed by atoms with E-state index in [4.69, 9.17) is 5.11 Å². The molecule has 1 atom stereocenters. The lowest BCUT2D eigenvalue weighted by Crippen LogP contribution is -2.11. The number of amides is 1. The first kappa shape index (κ1) is 16.2. The molecule has 122 valence electrons. The largest absolute Gasteiger partial charge is 0.481 e. The number of rotatable bonds is 5. The molecular weight excluding hydrogens is 322 g/mol. The van der Waals surface area contributed by atoms with Crippen molar-refractivity contribution in [3.05, 3.63) is 65.0 Å². The molecule has 0 saturated carbocycles. The van der Waals surface area contributed by atoms with Crippen LogP contribution < -0.4 is 5.32 Å². The van der Waals surface area contributed by atoms with Crippen molar-refractivity contribution in [2.24, 2.45) is 0 Å². The molecule has 0 fully saturated rings. The Morgan fingerprint density at radius 1 is 1.12 bits per heavy atom. The Labute approximate surface area is 143 Å². The third kappa shape index (κ3) is 3.63. The molecule has 5 heteroatoms. The maximum atomic E-state index is 12.2. The van der Waals surface area contributed by atoms with Gasteiger partial charge in [-0.3, -0.25) is 9.59 Å². The maximum Gasteiger partial charge on any atom is 0.303 e. The second-order valence-electron chi connectivity index (χ2n) is 5.72. The summed E-state index contributed by atoms with van der Waals surface area (Å²) >= 11 is 1.60. The average molecular weight is 339 g/mol. The normalized spacial score (nSPS) is 12.0. The van der Waals surface area contributed by atoms with Crippen LogP contribution >= 0.6 is 11.3 Å². The molecule has 0 aliphatic heterocycles. The summed E-state index contributed by atoms with van der Waals surface area (Å²) in [5.74, 6) is -0.970. The Kier molecular flexibility index (Phi) is 4.62. The number of nitrogens with one attached hydrogen (secondary N) is 1. The quantitative estimate of drug-likeness (QED) is 0.706. The summed E-state index contributed by atoms with van der Waals surface area (Å²) < 4.78 is 1.08. The fraction of sp³-hybridized carbons (Fsp3) is 0.158. The van der Waals surface area contributed by atoms with Crippen LogP contribution in [0.3, 0.4) is 0 Å². The number of anilines is 1. The van der Waals surface area contributed by atoms with Gasteiger partial charge in [0.25, 0.3) is 5.91 Å². The minimum absolute atomic E-state index is 0.0257. The van der Waals surface area contributed by atoms with Crippen LogP contribution in [0.4, 0.5) is 5.69 Å². The minimum atomic E-state index is -0.796. The smallest absolute Gasteiger partial charge is 0.303 e. The third-order valence-corrected chi connectivity index (χ3v) is 5.14. The molecule has 4 nitrogen and oxygen atoms in total. The first-order valence-electron chi connectivity index (χ1n) is 7.64. The van der Waals surface area contributed by atoms with Gasteiger partial charge in [0, 0.05) is 26.7 Å². The van der Waals surface area contributed by atoms with E-state index in [1.807, 2.05) is 49.4 Å². The molecule has 2 N–H and O–H groups in total. The summed E-state index contributed by atoms with van der Waals surface area (Å²) in [4.78, 5) is 24.1. The number of aliphatic carboxylic acids is 1. The average Bonchev–Trinajstić information content (AvgIpc) is 2.98. The van der Waals surface area contributed by atoms with Crippen LogP contribution in [0.1, 0.15) is 34.5 Å². The van der Waals surface area contributed by atoms with Crippen LogP contribution in [0.25, 0.3) is 10.1 Å². The van der Waals surface area contributed by atoms with E-state index < -0.39 is 5.97 Å². The Bertz CT molecular complexity index is 886. The number of fused-ring (bicyclic) bond motifs is 1. The number of hydrogen-bond acceptors (Lipinski definition) is 3. The van der Waals surface area contributed by atoms with Crippen molar-refractivity contribution in [3.63, 3.8) is 0 Å². The van der Waals surface area contributed by atoms with Gasteiger partial charge in [-0.1, -0.05) is 25.1 Å². The van der Waals surface area contributed by atoms with Crippen LogP contribution in [0.15, 0.2) is 54.6 Å². The molecule has 3 rings (SSSR count). The van der Waals surface area contributed by atoms with Gasteiger partial charge in [0.2, 0.25) is 0 Å². The monoisotopic (exact) mass is 339 g/mol. The van der Waals surface area contributed by atoms with E-state index >= 15 is 0 Å². The Morgan fingerprint density at radius 2 is 1.88 bits per heavy atom. The molecular formula is C19H17NO3S. The van der Waals surface area contributed by atoms with Gasteiger partial charge >= 0.3 is 5.97 Å². The molecule has 0 aliphatic carbocycles. The summed E-state index contributed by atoms with van der Waals surface area (Å²) in [6.45, 7) is 1.91. The highest BCUT2D eigenvalue weighted by molar-refractivity contribution is 7.19. The first-order valence-corrected chi connectivity index (χ1v) is 8.46. The lowest BCUT2D eigenvalue weighted by molar-refractivity contribution is -0.137. The highest BCUT2D eigenvalue weighted by Gasteiger charge is 2.14. The van der Waals surface area contributed by atoms with E-state index in [2.05, 4.69) is 5.32 Å². The summed E-state index contributed by atoms with van der Waals surface area (Å²) in [5, 5.41) is 12.8. The second-order valence-corrected chi connectivity index (χ2v) is 6.84. The molecule has 24 heavy (non-hydrogen) atoms. The molecule has 0 unspecified atom stereocenters. The number of thiophene rings is 1. The number of benzene rings is 2. The van der Waals surface area contributed by atoms with Gasteiger partial charge in [-0.25, -0.2) is 0 Å². The molecule has 3 aromatic rings. The highest BCUT2D eigenvalue weighted by Crippen LogP contribution is 2.33. The summed E-state index contributed by atoms with van der Waals surface area (Å²) in [5.41, 5.74) is 1.34. The van der Waals surface area contributed by atoms with E-state index in [9.17, 15) is 9.59 Å². The van der Waals surface area contributed by atoms with Gasteiger partial charge in [0.1, 0.15) is 0 Å². The number of carboxylic acids is 1. The van der Waals surface area contributed by atoms with Gasteiger partial charge in [0.15, 0.2) is 0 Å². The first-order chi connectivity index (χ1) is 11.5. The number of carboxylic acid groups (broad SMARTS) is 1. The summed E-state index contributed by atoms with van der Waals surface area (Å²) in [7, 11) is 0. The molecule has 0 bridgehead atoms. The molecule has 0 spiro atoms. The zero-order valence-electron chi connectivity index (χ0n) is 13.2. The second kappa shape index (κ2) is 6.84. The van der Waals surface area contributed by atoms with Crippen molar-refractivity contribution in [3.8, 4) is 0 Å². The Balaban J connectivity index is 1.81. The fourth-order valence-electron chi connectivity index (χ4n) is 2.54. The van der Waals surface area contributed by atoms with Crippen molar-refractivity contribution in [1.82, 2.24) is 0 Å². The van der Waals surface area contributed by atoms with Crippen molar-refractivity contribution in [2.75, 3.05) is 5.32 Å². The summed E-state index contributed by atoms with van der Waals surface area (Å²) in [6, 6.07) is 16.8. The van der Waals surface area contributed by atoms with Crippen LogP contribution in [0.5, 0.6) is 0 Å². The number of carbonyl (C=O) groups excluding carboxylic acids is 1. The van der Waals surface area contributed by atoms with Crippen molar-refractivity contribution in [2.45, 2.75) is 19.3 Å². The maximum absolute atomic E-state index is 12.2. The van der Waals surface area contributed by atoms with Gasteiger partial charge < -0.3 is 10.4 Å². The van der Waals surface area contributed by atoms with Gasteiger partial charge in [-0.2, -0.15) is 0 Å². The van der Waals surface area contributed by atoms with E-state index in [0.29, 0.717) is 5.56 Å². The predicted molar refractivity (Wildman–Crippen MR) is 96.9 cm³/mol. The van der Waals surface area contributed by atoms with Crippen LogP contribution in [0, 0.1) is 0 Å². The number of carbonyl (C=O) groups is 2. The lowest BCUT2D eigenvalue weighted by Gasteiger charge is -2.05. The standard InChI is InChI=1S/C19H17NO3S/c1-12(9-18(21)22)17-11-14-10-15(7-8-16(14)24-17)20-19(23)13-5-3-2-4-6-13/h2-8,10-12H,9H2,1H3,(H,20,23)(H,21,22)/t12-/m0/s1. The highest BCUT2D eigenvalue weighted by atomic mass is 32.1. The van der Waals surface area contributed by atoms with E-state index in [0.717, 1.165) is 20.7 Å². The summed E-state index contributed by atoms with van der Waals surface area (Å²) in [6.07, 6.45) is 0.115. The van der Waals surface area contributed by atoms with Crippen LogP contribution in [-0.4, -0.2) is 17.0 Å². The van der Waals surface area contributed by atoms with Gasteiger partial charge in [0.05, 0.1) is 6.42 Å². The molecule has 0 aliphatic rings. The zero-order valence-corrected chi connectivity index (χ0v) is 14.0. The van der Waals surface area contributed by atoms with Crippen molar-refractivity contribution < 1.29 is 14.7 Å². The van der Waals surface area contributed by atoms with E-state index in [-0.39, 0.29) is 18.2 Å². The fourth-order valence-corrected chi connectivity index (χ4v) is 3.64. The SMILES string of the molecule is C[C@@H](CC(=O)O)c1cc2cc(NC(=O)c3ccccc3)ccc2s1. The molecule has 1 heterocycles. The van der Waals surface area contributed by atoms with Crippen LogP contribution in [-0.2, 0) is 4.79 Å². The zero-order chi connectivity index (χ0) is 17.1. The molecule has 1 aromatic heterocycles. The van der Waals surface area contributed by atoms with Crippen molar-refractivity contribution >= 4 is 39.0 Å². The lowest BCUT2D eigenvalue weighted by atomic mass is 10.1. The third-order valence-electron chi connectivity index (χ3n) is 3.80. The Morgan fingerprint density at radius 3 is 2.58 bits per heavy atom. The van der Waals surface area contributed by atoms with E-state index in [1.165, 1.54) is 0 Å². The van der Waals surface area contributed by atoms with Gasteiger partial charge in [-0.05, 0) is 41.8 Å². The predicted octanol–water partition coefficient (Wildman–Crippen LogP) is 4.73. The van der Waals surface area contributed by atoms with Gasteiger partial charge in [-0.15, -0.1) is 11.3 Å². The van der Waals surface area contributed by atoms with E-state index in [1.54, 1.807) is 23.5 Å².